The first-order valence-corrected chi connectivity index (χ1v) is 6.34. The van der Waals surface area contributed by atoms with Crippen LogP contribution in [0.3, 0.4) is 0 Å². The van der Waals surface area contributed by atoms with Crippen LogP contribution in [-0.4, -0.2) is 41.4 Å². The van der Waals surface area contributed by atoms with Crippen LogP contribution in [0.5, 0.6) is 0 Å². The van der Waals surface area contributed by atoms with E-state index >= 15 is 0 Å². The second kappa shape index (κ2) is 5.54. The summed E-state index contributed by atoms with van der Waals surface area (Å²) in [6.07, 6.45) is 0. The minimum Gasteiger partial charge on any atom is -0.333 e. The highest BCUT2D eigenvalue weighted by Crippen LogP contribution is 2.25. The summed E-state index contributed by atoms with van der Waals surface area (Å²) >= 11 is 5.84. The molecule has 19 heavy (non-hydrogen) atoms. The number of halogens is 1. The summed E-state index contributed by atoms with van der Waals surface area (Å²) in [6.45, 7) is 3.80. The number of carbonyl (C=O) groups excluding carboxylic acids is 1. The van der Waals surface area contributed by atoms with E-state index in [4.69, 9.17) is 11.6 Å². The molecule has 0 spiro atoms. The van der Waals surface area contributed by atoms with E-state index in [0.717, 1.165) is 0 Å². The molecule has 6 nitrogen and oxygen atoms in total. The van der Waals surface area contributed by atoms with E-state index in [9.17, 15) is 14.9 Å². The minimum atomic E-state index is -0.559. The zero-order valence-corrected chi connectivity index (χ0v) is 11.2. The number of benzene rings is 1. The standard InChI is InChI=1S/C12H14ClN3O3/c1-8-7-14-4-5-15(8)12(17)10-6-9(13)2-3-11(10)16(18)19/h2-3,6,8,14H,4-5,7H2,1H3/t8-/m0/s1. The Labute approximate surface area is 115 Å². The van der Waals surface area contributed by atoms with Gasteiger partial charge in [0, 0.05) is 36.8 Å². The molecule has 2 rings (SSSR count). The predicted molar refractivity (Wildman–Crippen MR) is 71.5 cm³/mol. The lowest BCUT2D eigenvalue weighted by Gasteiger charge is -2.33. The van der Waals surface area contributed by atoms with Gasteiger partial charge in [0.25, 0.3) is 11.6 Å². The quantitative estimate of drug-likeness (QED) is 0.662. The third-order valence-electron chi connectivity index (χ3n) is 3.15. The molecule has 1 aliphatic heterocycles. The first-order chi connectivity index (χ1) is 9.00. The number of hydrogen-bond acceptors (Lipinski definition) is 4. The van der Waals surface area contributed by atoms with Crippen molar-refractivity contribution in [2.45, 2.75) is 13.0 Å². The average Bonchev–Trinajstić information content (AvgIpc) is 2.38. The molecule has 1 heterocycles. The highest BCUT2D eigenvalue weighted by atomic mass is 35.5. The summed E-state index contributed by atoms with van der Waals surface area (Å²) in [4.78, 5) is 24.5. The van der Waals surface area contributed by atoms with Crippen LogP contribution in [0.25, 0.3) is 0 Å². The number of rotatable bonds is 2. The molecule has 1 amide bonds. The Hall–Kier alpha value is -1.66. The van der Waals surface area contributed by atoms with Crippen LogP contribution in [0.4, 0.5) is 5.69 Å². The van der Waals surface area contributed by atoms with Gasteiger partial charge in [-0.1, -0.05) is 11.6 Å². The third kappa shape index (κ3) is 2.85. The van der Waals surface area contributed by atoms with Gasteiger partial charge in [0.05, 0.1) is 4.92 Å². The molecule has 0 radical (unpaired) electrons. The van der Waals surface area contributed by atoms with E-state index in [1.165, 1.54) is 18.2 Å². The largest absolute Gasteiger partial charge is 0.333 e. The Morgan fingerprint density at radius 2 is 2.32 bits per heavy atom. The van der Waals surface area contributed by atoms with Crippen LogP contribution in [-0.2, 0) is 0 Å². The second-order valence-electron chi connectivity index (χ2n) is 4.47. The summed E-state index contributed by atoms with van der Waals surface area (Å²) in [5, 5.41) is 14.5. The van der Waals surface area contributed by atoms with Crippen LogP contribution >= 0.6 is 11.6 Å². The van der Waals surface area contributed by atoms with Crippen LogP contribution in [0.2, 0.25) is 5.02 Å². The number of amides is 1. The first-order valence-electron chi connectivity index (χ1n) is 5.96. The Kier molecular flexibility index (Phi) is 4.01. The van der Waals surface area contributed by atoms with E-state index < -0.39 is 4.92 Å². The Bertz CT molecular complexity index is 521. The van der Waals surface area contributed by atoms with Crippen molar-refractivity contribution in [3.8, 4) is 0 Å². The van der Waals surface area contributed by atoms with E-state index in [1.54, 1.807) is 4.90 Å². The zero-order chi connectivity index (χ0) is 14.0. The lowest BCUT2D eigenvalue weighted by atomic mass is 10.1. The van der Waals surface area contributed by atoms with Crippen molar-refractivity contribution in [1.29, 1.82) is 0 Å². The fourth-order valence-electron chi connectivity index (χ4n) is 2.14. The molecular weight excluding hydrogens is 270 g/mol. The Balaban J connectivity index is 2.37. The van der Waals surface area contributed by atoms with E-state index in [2.05, 4.69) is 5.32 Å². The van der Waals surface area contributed by atoms with Crippen molar-refractivity contribution in [2.75, 3.05) is 19.6 Å². The molecule has 102 valence electrons. The van der Waals surface area contributed by atoms with Gasteiger partial charge in [-0.15, -0.1) is 0 Å². The lowest BCUT2D eigenvalue weighted by molar-refractivity contribution is -0.385. The van der Waals surface area contributed by atoms with Crippen LogP contribution in [0.15, 0.2) is 18.2 Å². The molecular formula is C12H14ClN3O3. The maximum Gasteiger partial charge on any atom is 0.282 e. The van der Waals surface area contributed by atoms with Crippen molar-refractivity contribution in [2.24, 2.45) is 0 Å². The van der Waals surface area contributed by atoms with E-state index in [0.29, 0.717) is 24.7 Å². The Morgan fingerprint density at radius 3 is 2.95 bits per heavy atom. The number of nitrogens with zero attached hydrogens (tertiary/aromatic N) is 2. The highest BCUT2D eigenvalue weighted by Gasteiger charge is 2.29. The third-order valence-corrected chi connectivity index (χ3v) is 3.38. The number of carbonyl (C=O) groups is 1. The van der Waals surface area contributed by atoms with Crippen LogP contribution < -0.4 is 5.32 Å². The normalized spacial score (nSPS) is 19.3. The van der Waals surface area contributed by atoms with Gasteiger partial charge in [0.15, 0.2) is 0 Å². The fourth-order valence-corrected chi connectivity index (χ4v) is 2.31. The average molecular weight is 284 g/mol. The number of hydrogen-bond donors (Lipinski definition) is 1. The number of piperazine rings is 1. The molecule has 0 aromatic heterocycles. The molecule has 1 N–H and O–H groups in total. The van der Waals surface area contributed by atoms with Gasteiger partial charge < -0.3 is 10.2 Å². The number of nitrogens with one attached hydrogen (secondary N) is 1. The molecule has 0 aliphatic carbocycles. The smallest absolute Gasteiger partial charge is 0.282 e. The molecule has 0 saturated carbocycles. The summed E-state index contributed by atoms with van der Waals surface area (Å²) < 4.78 is 0. The fraction of sp³-hybridized carbons (Fsp3) is 0.417. The first kappa shape index (κ1) is 13.8. The summed E-state index contributed by atoms with van der Waals surface area (Å²) in [6, 6.07) is 4.04. The van der Waals surface area contributed by atoms with Crippen molar-refractivity contribution < 1.29 is 9.72 Å². The van der Waals surface area contributed by atoms with E-state index in [-0.39, 0.29) is 23.2 Å². The maximum atomic E-state index is 12.4. The predicted octanol–water partition coefficient (Wildman–Crippen LogP) is 1.68. The summed E-state index contributed by atoms with van der Waals surface area (Å²) in [7, 11) is 0. The molecule has 1 saturated heterocycles. The van der Waals surface area contributed by atoms with Gasteiger partial charge in [0.2, 0.25) is 0 Å². The molecule has 0 unspecified atom stereocenters. The van der Waals surface area contributed by atoms with Crippen molar-refractivity contribution in [3.63, 3.8) is 0 Å². The lowest BCUT2D eigenvalue weighted by Crippen LogP contribution is -2.52. The van der Waals surface area contributed by atoms with Crippen LogP contribution in [0, 0.1) is 10.1 Å². The van der Waals surface area contributed by atoms with Gasteiger partial charge in [0.1, 0.15) is 5.56 Å². The second-order valence-corrected chi connectivity index (χ2v) is 4.91. The van der Waals surface area contributed by atoms with E-state index in [1.807, 2.05) is 6.92 Å². The molecule has 1 aliphatic rings. The minimum absolute atomic E-state index is 0.000152. The SMILES string of the molecule is C[C@H]1CNCCN1C(=O)c1cc(Cl)ccc1[N+](=O)[O-]. The van der Waals surface area contributed by atoms with Gasteiger partial charge in [-0.25, -0.2) is 0 Å². The molecule has 1 atom stereocenters. The highest BCUT2D eigenvalue weighted by molar-refractivity contribution is 6.31. The van der Waals surface area contributed by atoms with Crippen molar-refractivity contribution in [1.82, 2.24) is 10.2 Å². The molecule has 1 aromatic rings. The topological polar surface area (TPSA) is 75.5 Å². The van der Waals surface area contributed by atoms with Crippen LogP contribution in [0.1, 0.15) is 17.3 Å². The van der Waals surface area contributed by atoms with Gasteiger partial charge in [-0.2, -0.15) is 0 Å². The molecule has 1 fully saturated rings. The number of nitro groups is 1. The summed E-state index contributed by atoms with van der Waals surface area (Å²) in [5.74, 6) is -0.344. The van der Waals surface area contributed by atoms with Gasteiger partial charge in [-0.3, -0.25) is 14.9 Å². The zero-order valence-electron chi connectivity index (χ0n) is 10.4. The van der Waals surface area contributed by atoms with Crippen molar-refractivity contribution >= 4 is 23.2 Å². The Morgan fingerprint density at radius 1 is 1.58 bits per heavy atom. The molecule has 7 heteroatoms. The molecule has 0 bridgehead atoms. The van der Waals surface area contributed by atoms with Gasteiger partial charge in [-0.05, 0) is 19.1 Å². The van der Waals surface area contributed by atoms with Gasteiger partial charge >= 0.3 is 0 Å². The van der Waals surface area contributed by atoms with Crippen molar-refractivity contribution in [3.05, 3.63) is 38.9 Å². The monoisotopic (exact) mass is 283 g/mol. The molecule has 1 aromatic carbocycles. The summed E-state index contributed by atoms with van der Waals surface area (Å²) in [5.41, 5.74) is -0.161. The number of nitro benzene ring substituents is 1. The maximum absolute atomic E-state index is 12.4.